The molecular weight excluding hydrogens is 639 g/mol. The summed E-state index contributed by atoms with van der Waals surface area (Å²) in [4.78, 5) is 20.1. The molecule has 3 aromatic heterocycles. The van der Waals surface area contributed by atoms with E-state index in [0.717, 1.165) is 61.0 Å². The first-order valence-corrected chi connectivity index (χ1v) is 17.2. The minimum atomic E-state index is 0.514. The fourth-order valence-electron chi connectivity index (χ4n) is 6.99. The molecule has 0 unspecified atom stereocenters. The molecule has 0 bridgehead atoms. The van der Waals surface area contributed by atoms with Gasteiger partial charge in [0.25, 0.3) is 0 Å². The fourth-order valence-corrected chi connectivity index (χ4v) is 6.99. The molecule has 0 spiro atoms. The Morgan fingerprint density at radius 1 is 0.385 bits per heavy atom. The molecule has 0 aliphatic rings. The van der Waals surface area contributed by atoms with E-state index in [9.17, 15) is 0 Å². The lowest BCUT2D eigenvalue weighted by Crippen LogP contribution is -2.00. The van der Waals surface area contributed by atoms with Gasteiger partial charge in [-0.15, -0.1) is 0 Å². The van der Waals surface area contributed by atoms with Gasteiger partial charge in [-0.25, -0.2) is 19.9 Å². The molecule has 0 fully saturated rings. The SMILES string of the molecule is c1ccc(-c2ccc(-c3nc4cccc(-c5nc(-c6ccccc6)nc(-c6ccc7c8ccccc8n(-c8ccccc8)c7c6)n5)c4o3)cc2)cc1. The second-order valence-electron chi connectivity index (χ2n) is 12.7. The van der Waals surface area contributed by atoms with Crippen LogP contribution in [0.1, 0.15) is 0 Å². The molecule has 7 aromatic carbocycles. The molecule has 0 radical (unpaired) electrons. The molecule has 10 aromatic rings. The van der Waals surface area contributed by atoms with E-state index in [4.69, 9.17) is 24.4 Å². The monoisotopic (exact) mass is 667 g/mol. The molecule has 3 heterocycles. The first kappa shape index (κ1) is 29.7. The fraction of sp³-hybridized carbons (Fsp3) is 0. The van der Waals surface area contributed by atoms with Crippen LogP contribution in [0.5, 0.6) is 0 Å². The van der Waals surface area contributed by atoms with Gasteiger partial charge in [-0.3, -0.25) is 0 Å². The Labute approximate surface area is 299 Å². The quantitative estimate of drug-likeness (QED) is 0.176. The van der Waals surface area contributed by atoms with E-state index >= 15 is 0 Å². The standard InChI is InChI=1S/C46H29N5O/c1-4-13-30(14-5-1)31-23-25-33(26-24-31)46-47-39-21-12-20-38(42(39)52-46)45-49-43(32-15-6-2-7-16-32)48-44(50-45)34-27-28-37-36-19-10-11-22-40(36)51(41(37)29-34)35-17-8-3-9-18-35/h1-29H. The van der Waals surface area contributed by atoms with Crippen LogP contribution >= 0.6 is 0 Å². The molecule has 6 nitrogen and oxygen atoms in total. The van der Waals surface area contributed by atoms with Crippen LogP contribution in [-0.4, -0.2) is 24.5 Å². The maximum atomic E-state index is 6.52. The van der Waals surface area contributed by atoms with E-state index in [0.29, 0.717) is 28.9 Å². The van der Waals surface area contributed by atoms with Gasteiger partial charge in [-0.1, -0.05) is 127 Å². The minimum Gasteiger partial charge on any atom is -0.435 e. The second-order valence-corrected chi connectivity index (χ2v) is 12.7. The Morgan fingerprint density at radius 2 is 0.962 bits per heavy atom. The predicted octanol–water partition coefficient (Wildman–Crippen LogP) is 11.4. The Kier molecular flexibility index (Phi) is 7.03. The summed E-state index contributed by atoms with van der Waals surface area (Å²) >= 11 is 0. The Balaban J connectivity index is 1.13. The average molecular weight is 668 g/mol. The highest BCUT2D eigenvalue weighted by molar-refractivity contribution is 6.10. The number of hydrogen-bond donors (Lipinski definition) is 0. The molecule has 0 saturated carbocycles. The number of nitrogens with zero attached hydrogens (tertiary/aromatic N) is 5. The van der Waals surface area contributed by atoms with Crippen molar-refractivity contribution < 1.29 is 4.42 Å². The smallest absolute Gasteiger partial charge is 0.227 e. The summed E-state index contributed by atoms with van der Waals surface area (Å²) in [5.74, 6) is 2.21. The van der Waals surface area contributed by atoms with Crippen molar-refractivity contribution in [2.24, 2.45) is 0 Å². The van der Waals surface area contributed by atoms with E-state index in [1.54, 1.807) is 0 Å². The third-order valence-electron chi connectivity index (χ3n) is 9.51. The van der Waals surface area contributed by atoms with E-state index in [1.165, 1.54) is 5.39 Å². The number of oxazole rings is 1. The Bertz CT molecular complexity index is 2880. The van der Waals surface area contributed by atoms with Crippen molar-refractivity contribution in [3.8, 4) is 62.4 Å². The van der Waals surface area contributed by atoms with E-state index in [1.807, 2.05) is 84.9 Å². The maximum Gasteiger partial charge on any atom is 0.227 e. The van der Waals surface area contributed by atoms with Crippen molar-refractivity contribution in [2.45, 2.75) is 0 Å². The second kappa shape index (κ2) is 12.3. The van der Waals surface area contributed by atoms with Crippen LogP contribution in [0.4, 0.5) is 0 Å². The highest BCUT2D eigenvalue weighted by Gasteiger charge is 2.20. The zero-order valence-corrected chi connectivity index (χ0v) is 27.9. The van der Waals surface area contributed by atoms with Crippen molar-refractivity contribution in [2.75, 3.05) is 0 Å². The van der Waals surface area contributed by atoms with Crippen LogP contribution in [0.25, 0.3) is 95.3 Å². The average Bonchev–Trinajstić information content (AvgIpc) is 3.81. The van der Waals surface area contributed by atoms with E-state index in [-0.39, 0.29) is 0 Å². The van der Waals surface area contributed by atoms with Gasteiger partial charge in [0.2, 0.25) is 5.89 Å². The lowest BCUT2D eigenvalue weighted by molar-refractivity contribution is 0.620. The number of fused-ring (bicyclic) bond motifs is 4. The minimum absolute atomic E-state index is 0.514. The third-order valence-corrected chi connectivity index (χ3v) is 9.51. The summed E-state index contributed by atoms with van der Waals surface area (Å²) < 4.78 is 8.82. The van der Waals surface area contributed by atoms with Gasteiger partial charge in [-0.2, -0.15) is 0 Å². The van der Waals surface area contributed by atoms with Crippen LogP contribution in [0.2, 0.25) is 0 Å². The molecule has 0 N–H and O–H groups in total. The molecule has 6 heteroatoms. The molecule has 0 amide bonds. The van der Waals surface area contributed by atoms with Crippen molar-refractivity contribution in [3.63, 3.8) is 0 Å². The van der Waals surface area contributed by atoms with Crippen molar-refractivity contribution >= 4 is 32.9 Å². The number of aromatic nitrogens is 5. The molecule has 0 aliphatic carbocycles. The van der Waals surface area contributed by atoms with Crippen molar-refractivity contribution in [1.29, 1.82) is 0 Å². The molecule has 52 heavy (non-hydrogen) atoms. The van der Waals surface area contributed by atoms with Crippen LogP contribution in [0, 0.1) is 0 Å². The van der Waals surface area contributed by atoms with Crippen molar-refractivity contribution in [1.82, 2.24) is 24.5 Å². The predicted molar refractivity (Wildman–Crippen MR) is 209 cm³/mol. The first-order chi connectivity index (χ1) is 25.8. The van der Waals surface area contributed by atoms with Crippen LogP contribution in [0.15, 0.2) is 180 Å². The highest BCUT2D eigenvalue weighted by Crippen LogP contribution is 2.36. The van der Waals surface area contributed by atoms with Crippen molar-refractivity contribution in [3.05, 3.63) is 176 Å². The summed E-state index contributed by atoms with van der Waals surface area (Å²) in [5, 5.41) is 2.35. The third kappa shape index (κ3) is 5.13. The summed E-state index contributed by atoms with van der Waals surface area (Å²) in [6.07, 6.45) is 0. The molecule has 0 aliphatic heterocycles. The van der Waals surface area contributed by atoms with Gasteiger partial charge >= 0.3 is 0 Å². The largest absolute Gasteiger partial charge is 0.435 e. The molecule has 10 rings (SSSR count). The number of hydrogen-bond acceptors (Lipinski definition) is 5. The molecular formula is C46H29N5O. The van der Waals surface area contributed by atoms with Gasteiger partial charge in [-0.05, 0) is 59.7 Å². The van der Waals surface area contributed by atoms with Gasteiger partial charge in [0.15, 0.2) is 23.1 Å². The van der Waals surface area contributed by atoms with Gasteiger partial charge in [0.1, 0.15) is 5.52 Å². The molecule has 244 valence electrons. The number of benzene rings is 7. The number of para-hydroxylation sites is 3. The maximum absolute atomic E-state index is 6.52. The topological polar surface area (TPSA) is 69.6 Å². The zero-order chi connectivity index (χ0) is 34.4. The summed E-state index contributed by atoms with van der Waals surface area (Å²) in [6.45, 7) is 0. The van der Waals surface area contributed by atoms with Crippen LogP contribution < -0.4 is 0 Å². The Morgan fingerprint density at radius 3 is 1.73 bits per heavy atom. The van der Waals surface area contributed by atoms with E-state index in [2.05, 4.69) is 95.6 Å². The Hall–Kier alpha value is -7.18. The lowest BCUT2D eigenvalue weighted by atomic mass is 10.0. The van der Waals surface area contributed by atoms with Crippen LogP contribution in [-0.2, 0) is 0 Å². The van der Waals surface area contributed by atoms with Gasteiger partial charge in [0.05, 0.1) is 16.6 Å². The van der Waals surface area contributed by atoms with E-state index < -0.39 is 0 Å². The first-order valence-electron chi connectivity index (χ1n) is 17.2. The van der Waals surface area contributed by atoms with Crippen LogP contribution in [0.3, 0.4) is 0 Å². The normalized spacial score (nSPS) is 11.5. The zero-order valence-electron chi connectivity index (χ0n) is 27.9. The van der Waals surface area contributed by atoms with Gasteiger partial charge < -0.3 is 8.98 Å². The summed E-state index contributed by atoms with van der Waals surface area (Å²) in [7, 11) is 0. The highest BCUT2D eigenvalue weighted by atomic mass is 16.3. The summed E-state index contributed by atoms with van der Waals surface area (Å²) in [5.41, 5.74) is 10.4. The molecule has 0 atom stereocenters. The number of rotatable bonds is 6. The molecule has 0 saturated heterocycles. The summed E-state index contributed by atoms with van der Waals surface area (Å²) in [6, 6.07) is 60.0. The lowest BCUT2D eigenvalue weighted by Gasteiger charge is -2.10. The van der Waals surface area contributed by atoms with Gasteiger partial charge in [0, 0.05) is 33.2 Å².